The van der Waals surface area contributed by atoms with Gasteiger partial charge in [0, 0.05) is 35.9 Å². The fourth-order valence-corrected chi connectivity index (χ4v) is 6.35. The molecule has 0 amide bonds. The third-order valence-electron chi connectivity index (χ3n) is 7.88. The Balaban J connectivity index is 1.65. The van der Waals surface area contributed by atoms with Gasteiger partial charge in [-0.1, -0.05) is 13.0 Å². The zero-order chi connectivity index (χ0) is 18.8. The number of hydrogen-bond donors (Lipinski definition) is 0. The number of piperidine rings is 1. The molecular weight excluding hydrogens is 338 g/mol. The minimum Gasteiger partial charge on any atom is -0.493 e. The quantitative estimate of drug-likeness (QED) is 0.813. The first-order valence-corrected chi connectivity index (χ1v) is 10.6. The van der Waals surface area contributed by atoms with Crippen molar-refractivity contribution in [3.8, 4) is 11.5 Å². The third kappa shape index (κ3) is 2.55. The van der Waals surface area contributed by atoms with E-state index in [2.05, 4.69) is 17.9 Å². The van der Waals surface area contributed by atoms with Gasteiger partial charge in [0.2, 0.25) is 0 Å². The highest BCUT2D eigenvalue weighted by Gasteiger charge is 2.58. The van der Waals surface area contributed by atoms with Crippen LogP contribution in [0.5, 0.6) is 11.5 Å². The molecule has 146 valence electrons. The number of likely N-dealkylation sites (tertiary alicyclic amines) is 1. The molecule has 2 saturated carbocycles. The van der Waals surface area contributed by atoms with Crippen molar-refractivity contribution in [3.63, 3.8) is 0 Å². The second kappa shape index (κ2) is 6.23. The Morgan fingerprint density at radius 3 is 2.74 bits per heavy atom. The highest BCUT2D eigenvalue weighted by molar-refractivity contribution is 5.84. The average molecular weight is 370 g/mol. The highest BCUT2D eigenvalue weighted by Crippen LogP contribution is 2.59. The van der Waals surface area contributed by atoms with Gasteiger partial charge in [-0.2, -0.15) is 0 Å². The molecule has 1 aromatic carbocycles. The first kappa shape index (κ1) is 17.5. The van der Waals surface area contributed by atoms with E-state index in [1.54, 1.807) is 14.2 Å². The first-order chi connectivity index (χ1) is 13.1. The van der Waals surface area contributed by atoms with Crippen molar-refractivity contribution in [2.45, 2.75) is 56.9 Å². The number of methoxy groups -OCH3 is 2. The maximum atomic E-state index is 12.9. The summed E-state index contributed by atoms with van der Waals surface area (Å²) in [4.78, 5) is 15.7. The lowest BCUT2D eigenvalue weighted by atomic mass is 9.50. The second-order valence-corrected chi connectivity index (χ2v) is 9.34. The van der Waals surface area contributed by atoms with E-state index >= 15 is 0 Å². The Kier molecular flexibility index (Phi) is 4.05. The van der Waals surface area contributed by atoms with Crippen LogP contribution in [0, 0.1) is 17.8 Å². The summed E-state index contributed by atoms with van der Waals surface area (Å²) in [6, 6.07) is 4.84. The van der Waals surface area contributed by atoms with Gasteiger partial charge < -0.3 is 9.47 Å². The number of carbonyl (C=O) groups is 1. The van der Waals surface area contributed by atoms with Gasteiger partial charge in [0.15, 0.2) is 11.5 Å². The zero-order valence-corrected chi connectivity index (χ0v) is 16.8. The van der Waals surface area contributed by atoms with E-state index in [1.807, 2.05) is 6.07 Å². The molecule has 27 heavy (non-hydrogen) atoms. The van der Waals surface area contributed by atoms with Gasteiger partial charge >= 0.3 is 0 Å². The smallest absolute Gasteiger partial charge is 0.164 e. The van der Waals surface area contributed by atoms with E-state index < -0.39 is 0 Å². The number of nitrogens with zero attached hydrogens (tertiary/aromatic N) is 1. The SMILES string of the molecule is COc1ccc2c(c1OC)C13CCN(CC4CC4)C(C2)C1C[C@H](C)C(=O)C3. The van der Waals surface area contributed by atoms with E-state index in [0.717, 1.165) is 43.2 Å². The fraction of sp³-hybridized carbons (Fsp3) is 0.696. The molecule has 0 spiro atoms. The summed E-state index contributed by atoms with van der Waals surface area (Å²) < 4.78 is 11.5. The molecule has 1 saturated heterocycles. The Morgan fingerprint density at radius 2 is 2.04 bits per heavy atom. The number of benzene rings is 1. The van der Waals surface area contributed by atoms with E-state index in [0.29, 0.717) is 24.2 Å². The number of ether oxygens (including phenoxy) is 2. The van der Waals surface area contributed by atoms with Gasteiger partial charge in [0.1, 0.15) is 5.78 Å². The summed E-state index contributed by atoms with van der Waals surface area (Å²) in [5.74, 6) is 3.74. The van der Waals surface area contributed by atoms with Gasteiger partial charge in [-0.3, -0.25) is 9.69 Å². The summed E-state index contributed by atoms with van der Waals surface area (Å²) in [6.45, 7) is 4.50. The van der Waals surface area contributed by atoms with Crippen LogP contribution >= 0.6 is 0 Å². The van der Waals surface area contributed by atoms with Crippen LogP contribution < -0.4 is 9.47 Å². The van der Waals surface area contributed by atoms with Crippen molar-refractivity contribution in [2.24, 2.45) is 17.8 Å². The van der Waals surface area contributed by atoms with Crippen LogP contribution in [0.25, 0.3) is 0 Å². The van der Waals surface area contributed by atoms with Crippen LogP contribution in [-0.2, 0) is 16.6 Å². The summed E-state index contributed by atoms with van der Waals surface area (Å²) in [7, 11) is 3.45. The van der Waals surface area contributed by atoms with Crippen LogP contribution in [0.15, 0.2) is 12.1 Å². The minimum atomic E-state index is -0.0677. The van der Waals surface area contributed by atoms with Crippen molar-refractivity contribution in [3.05, 3.63) is 23.3 Å². The monoisotopic (exact) mass is 369 g/mol. The molecule has 2 bridgehead atoms. The first-order valence-electron chi connectivity index (χ1n) is 10.6. The molecule has 1 aromatic rings. The van der Waals surface area contributed by atoms with Crippen molar-refractivity contribution in [1.29, 1.82) is 0 Å². The average Bonchev–Trinajstić information content (AvgIpc) is 3.48. The lowest BCUT2D eigenvalue weighted by Crippen LogP contribution is -2.63. The van der Waals surface area contributed by atoms with Crippen molar-refractivity contribution in [2.75, 3.05) is 27.3 Å². The fourth-order valence-electron chi connectivity index (χ4n) is 6.35. The van der Waals surface area contributed by atoms with Crippen LogP contribution in [0.1, 0.15) is 50.2 Å². The molecule has 0 N–H and O–H groups in total. The number of carbonyl (C=O) groups excluding carboxylic acids is 1. The Labute approximate surface area is 162 Å². The van der Waals surface area contributed by atoms with Crippen LogP contribution in [0.2, 0.25) is 0 Å². The molecule has 3 fully saturated rings. The number of Topliss-reactive ketones (excluding diaryl/α,β-unsaturated/α-hetero) is 1. The van der Waals surface area contributed by atoms with Crippen LogP contribution in [-0.4, -0.2) is 44.0 Å². The largest absolute Gasteiger partial charge is 0.493 e. The Hall–Kier alpha value is -1.55. The molecule has 4 heteroatoms. The number of rotatable bonds is 4. The molecule has 3 aliphatic carbocycles. The predicted molar refractivity (Wildman–Crippen MR) is 105 cm³/mol. The van der Waals surface area contributed by atoms with Crippen molar-refractivity contribution in [1.82, 2.24) is 4.90 Å². The summed E-state index contributed by atoms with van der Waals surface area (Å²) in [5.41, 5.74) is 2.59. The molecule has 4 atom stereocenters. The standard InChI is InChI=1S/C23H31NO3/c1-14-10-17-18-11-16-6-7-20(26-2)22(27-3)21(16)23(17,12-19(14)25)8-9-24(18)13-15-4-5-15/h6-7,14-15,17-18H,4-5,8-13H2,1-3H3/t14-,17?,18?,23?/m0/s1. The Bertz CT molecular complexity index is 771. The number of ketones is 1. The molecule has 5 rings (SSSR count). The van der Waals surface area contributed by atoms with Crippen LogP contribution in [0.4, 0.5) is 0 Å². The van der Waals surface area contributed by atoms with Gasteiger partial charge in [-0.05, 0) is 62.1 Å². The normalized spacial score (nSPS) is 35.4. The van der Waals surface area contributed by atoms with E-state index in [-0.39, 0.29) is 11.3 Å². The highest BCUT2D eigenvalue weighted by atomic mass is 16.5. The van der Waals surface area contributed by atoms with Gasteiger partial charge in [0.25, 0.3) is 0 Å². The lowest BCUT2D eigenvalue weighted by molar-refractivity contribution is -0.132. The van der Waals surface area contributed by atoms with E-state index in [9.17, 15) is 4.79 Å². The summed E-state index contributed by atoms with van der Waals surface area (Å²) in [5, 5.41) is 0. The van der Waals surface area contributed by atoms with E-state index in [1.165, 1.54) is 30.5 Å². The summed E-state index contributed by atoms with van der Waals surface area (Å²) in [6.07, 6.45) is 6.63. The molecule has 4 aliphatic rings. The molecule has 1 heterocycles. The van der Waals surface area contributed by atoms with Crippen LogP contribution in [0.3, 0.4) is 0 Å². The second-order valence-electron chi connectivity index (χ2n) is 9.34. The molecule has 0 radical (unpaired) electrons. The number of fused-ring (bicyclic) bond motifs is 1. The maximum absolute atomic E-state index is 12.9. The summed E-state index contributed by atoms with van der Waals surface area (Å²) >= 11 is 0. The predicted octanol–water partition coefficient (Wildman–Crippen LogP) is 3.60. The van der Waals surface area contributed by atoms with Gasteiger partial charge in [-0.25, -0.2) is 0 Å². The van der Waals surface area contributed by atoms with Crippen molar-refractivity contribution < 1.29 is 14.3 Å². The lowest BCUT2D eigenvalue weighted by Gasteiger charge is -2.59. The minimum absolute atomic E-state index is 0.0677. The molecular formula is C23H31NO3. The number of hydrogen-bond acceptors (Lipinski definition) is 4. The molecule has 0 aromatic heterocycles. The van der Waals surface area contributed by atoms with E-state index in [4.69, 9.17) is 9.47 Å². The molecule has 3 unspecified atom stereocenters. The topological polar surface area (TPSA) is 38.8 Å². The maximum Gasteiger partial charge on any atom is 0.164 e. The van der Waals surface area contributed by atoms with Gasteiger partial charge in [0.05, 0.1) is 14.2 Å². The van der Waals surface area contributed by atoms with Crippen molar-refractivity contribution >= 4 is 5.78 Å². The third-order valence-corrected chi connectivity index (χ3v) is 7.88. The molecule has 4 nitrogen and oxygen atoms in total. The molecule has 1 aliphatic heterocycles. The Morgan fingerprint density at radius 1 is 1.22 bits per heavy atom. The zero-order valence-electron chi connectivity index (χ0n) is 16.8. The van der Waals surface area contributed by atoms with Gasteiger partial charge in [-0.15, -0.1) is 0 Å².